The second-order valence-corrected chi connectivity index (χ2v) is 5.23. The maximum Gasteiger partial charge on any atom is 0.314 e. The molecule has 0 bridgehead atoms. The Morgan fingerprint density at radius 2 is 2.28 bits per heavy atom. The fourth-order valence-electron chi connectivity index (χ4n) is 1.54. The molecule has 1 rings (SSSR count). The zero-order valence-corrected chi connectivity index (χ0v) is 11.8. The highest BCUT2D eigenvalue weighted by molar-refractivity contribution is 7.07. The van der Waals surface area contributed by atoms with E-state index in [1.54, 1.807) is 11.3 Å². The van der Waals surface area contributed by atoms with Crippen LogP contribution in [0.3, 0.4) is 0 Å². The smallest absolute Gasteiger partial charge is 0.314 e. The van der Waals surface area contributed by atoms with E-state index in [2.05, 4.69) is 29.0 Å². The van der Waals surface area contributed by atoms with Gasteiger partial charge in [-0.15, -0.1) is 0 Å². The largest absolute Gasteiger partial charge is 0.393 e. The quantitative estimate of drug-likeness (QED) is 0.712. The van der Waals surface area contributed by atoms with Gasteiger partial charge in [0.2, 0.25) is 0 Å². The molecule has 18 heavy (non-hydrogen) atoms. The standard InChI is InChI=1S/C13H22N2O2S/c1-3-12(16)4-6-14-13(17)15-8-10(2)11-5-7-18-9-11/h5,7,9-10,12,16H,3-4,6,8H2,1-2H3,(H2,14,15,17). The molecule has 2 unspecified atom stereocenters. The second kappa shape index (κ2) is 8.11. The first kappa shape index (κ1) is 15.0. The Morgan fingerprint density at radius 3 is 2.89 bits per heavy atom. The van der Waals surface area contributed by atoms with Crippen LogP contribution in [0.1, 0.15) is 38.2 Å². The van der Waals surface area contributed by atoms with Crippen LogP contribution in [0.5, 0.6) is 0 Å². The van der Waals surface area contributed by atoms with E-state index >= 15 is 0 Å². The van der Waals surface area contributed by atoms with Gasteiger partial charge < -0.3 is 15.7 Å². The Kier molecular flexibility index (Phi) is 6.75. The van der Waals surface area contributed by atoms with Crippen LogP contribution in [0.2, 0.25) is 0 Å². The summed E-state index contributed by atoms with van der Waals surface area (Å²) in [5, 5.41) is 19.1. The fraction of sp³-hybridized carbons (Fsp3) is 0.615. The number of thiophene rings is 1. The minimum Gasteiger partial charge on any atom is -0.393 e. The summed E-state index contributed by atoms with van der Waals surface area (Å²) in [5.41, 5.74) is 1.25. The predicted octanol–water partition coefficient (Wildman–Crippen LogP) is 2.31. The van der Waals surface area contributed by atoms with E-state index < -0.39 is 0 Å². The van der Waals surface area contributed by atoms with Gasteiger partial charge in [0.05, 0.1) is 6.10 Å². The van der Waals surface area contributed by atoms with Gasteiger partial charge >= 0.3 is 6.03 Å². The van der Waals surface area contributed by atoms with Crippen LogP contribution in [-0.2, 0) is 0 Å². The topological polar surface area (TPSA) is 61.4 Å². The predicted molar refractivity (Wildman–Crippen MR) is 75.1 cm³/mol. The minimum atomic E-state index is -0.324. The molecule has 0 aromatic carbocycles. The van der Waals surface area contributed by atoms with E-state index in [1.165, 1.54) is 5.56 Å². The van der Waals surface area contributed by atoms with Gasteiger partial charge in [-0.3, -0.25) is 0 Å². The summed E-state index contributed by atoms with van der Waals surface area (Å²) in [7, 11) is 0. The minimum absolute atomic E-state index is 0.166. The van der Waals surface area contributed by atoms with Crippen LogP contribution in [0.4, 0.5) is 4.79 Å². The summed E-state index contributed by atoms with van der Waals surface area (Å²) in [5.74, 6) is 0.322. The van der Waals surface area contributed by atoms with Crippen molar-refractivity contribution >= 4 is 17.4 Å². The Labute approximate surface area is 112 Å². The molecule has 0 aliphatic rings. The first-order valence-electron chi connectivity index (χ1n) is 6.35. The lowest BCUT2D eigenvalue weighted by Gasteiger charge is -2.13. The van der Waals surface area contributed by atoms with E-state index in [-0.39, 0.29) is 12.1 Å². The lowest BCUT2D eigenvalue weighted by molar-refractivity contribution is 0.160. The number of rotatable bonds is 7. The van der Waals surface area contributed by atoms with Crippen LogP contribution in [0.25, 0.3) is 0 Å². The third-order valence-electron chi connectivity index (χ3n) is 2.92. The van der Waals surface area contributed by atoms with Crippen LogP contribution < -0.4 is 10.6 Å². The summed E-state index contributed by atoms with van der Waals surface area (Å²) in [6.07, 6.45) is 0.998. The maximum atomic E-state index is 11.5. The molecule has 3 N–H and O–H groups in total. The van der Waals surface area contributed by atoms with Crippen molar-refractivity contribution < 1.29 is 9.90 Å². The number of amides is 2. The van der Waals surface area contributed by atoms with Crippen molar-refractivity contribution in [3.63, 3.8) is 0 Å². The zero-order chi connectivity index (χ0) is 13.4. The van der Waals surface area contributed by atoms with Crippen LogP contribution in [0, 0.1) is 0 Å². The molecule has 1 aromatic rings. The Hall–Kier alpha value is -1.07. The summed E-state index contributed by atoms with van der Waals surface area (Å²) >= 11 is 1.67. The highest BCUT2D eigenvalue weighted by Gasteiger charge is 2.08. The summed E-state index contributed by atoms with van der Waals surface area (Å²) in [6, 6.07) is 1.91. The monoisotopic (exact) mass is 270 g/mol. The van der Waals surface area contributed by atoms with Crippen LogP contribution >= 0.6 is 11.3 Å². The van der Waals surface area contributed by atoms with E-state index in [0.29, 0.717) is 25.4 Å². The first-order chi connectivity index (χ1) is 8.63. The van der Waals surface area contributed by atoms with Crippen LogP contribution in [-0.4, -0.2) is 30.3 Å². The molecule has 1 heterocycles. The van der Waals surface area contributed by atoms with Crippen molar-refractivity contribution in [3.8, 4) is 0 Å². The van der Waals surface area contributed by atoms with Gasteiger partial charge in [-0.1, -0.05) is 13.8 Å². The maximum absolute atomic E-state index is 11.5. The molecular weight excluding hydrogens is 248 g/mol. The molecule has 2 atom stereocenters. The number of hydrogen-bond donors (Lipinski definition) is 3. The average Bonchev–Trinajstić information content (AvgIpc) is 2.89. The lowest BCUT2D eigenvalue weighted by Crippen LogP contribution is -2.38. The van der Waals surface area contributed by atoms with E-state index in [0.717, 1.165) is 6.42 Å². The van der Waals surface area contributed by atoms with Crippen molar-refractivity contribution in [2.75, 3.05) is 13.1 Å². The number of nitrogens with one attached hydrogen (secondary N) is 2. The molecule has 2 amide bonds. The number of aliphatic hydroxyl groups is 1. The van der Waals surface area contributed by atoms with Crippen molar-refractivity contribution in [2.24, 2.45) is 0 Å². The van der Waals surface area contributed by atoms with Crippen molar-refractivity contribution in [1.29, 1.82) is 0 Å². The SMILES string of the molecule is CCC(O)CCNC(=O)NCC(C)c1ccsc1. The molecule has 0 aliphatic carbocycles. The van der Waals surface area contributed by atoms with Gasteiger partial charge in [-0.2, -0.15) is 11.3 Å². The van der Waals surface area contributed by atoms with Crippen molar-refractivity contribution in [1.82, 2.24) is 10.6 Å². The Balaban J connectivity index is 2.13. The van der Waals surface area contributed by atoms with Crippen LogP contribution in [0.15, 0.2) is 16.8 Å². The molecule has 0 spiro atoms. The highest BCUT2D eigenvalue weighted by atomic mass is 32.1. The van der Waals surface area contributed by atoms with E-state index in [4.69, 9.17) is 0 Å². The normalized spacial score (nSPS) is 13.9. The third kappa shape index (κ3) is 5.51. The number of aliphatic hydroxyl groups excluding tert-OH is 1. The van der Waals surface area contributed by atoms with Crippen molar-refractivity contribution in [3.05, 3.63) is 22.4 Å². The van der Waals surface area contributed by atoms with Gasteiger partial charge in [0.25, 0.3) is 0 Å². The Bertz CT molecular complexity index is 341. The number of carbonyl (C=O) groups is 1. The number of carbonyl (C=O) groups excluding carboxylic acids is 1. The van der Waals surface area contributed by atoms with Crippen molar-refractivity contribution in [2.45, 2.75) is 38.7 Å². The molecule has 1 aromatic heterocycles. The van der Waals surface area contributed by atoms with Gasteiger partial charge in [0.1, 0.15) is 0 Å². The fourth-order valence-corrected chi connectivity index (χ4v) is 2.32. The van der Waals surface area contributed by atoms with Gasteiger partial charge in [-0.25, -0.2) is 4.79 Å². The van der Waals surface area contributed by atoms with E-state index in [9.17, 15) is 9.90 Å². The summed E-state index contributed by atoms with van der Waals surface area (Å²) < 4.78 is 0. The molecular formula is C13H22N2O2S. The molecule has 0 saturated carbocycles. The second-order valence-electron chi connectivity index (χ2n) is 4.45. The number of hydrogen-bond acceptors (Lipinski definition) is 3. The molecule has 102 valence electrons. The molecule has 0 fully saturated rings. The van der Waals surface area contributed by atoms with E-state index in [1.807, 2.05) is 12.3 Å². The van der Waals surface area contributed by atoms with Gasteiger partial charge in [0, 0.05) is 13.1 Å². The van der Waals surface area contributed by atoms with Gasteiger partial charge in [-0.05, 0) is 41.1 Å². The highest BCUT2D eigenvalue weighted by Crippen LogP contribution is 2.16. The summed E-state index contributed by atoms with van der Waals surface area (Å²) in [6.45, 7) is 5.14. The zero-order valence-electron chi connectivity index (χ0n) is 11.0. The third-order valence-corrected chi connectivity index (χ3v) is 3.62. The number of urea groups is 1. The molecule has 0 saturated heterocycles. The Morgan fingerprint density at radius 1 is 1.50 bits per heavy atom. The first-order valence-corrected chi connectivity index (χ1v) is 7.29. The molecule has 0 aliphatic heterocycles. The molecule has 4 nitrogen and oxygen atoms in total. The lowest BCUT2D eigenvalue weighted by atomic mass is 10.1. The summed E-state index contributed by atoms with van der Waals surface area (Å²) in [4.78, 5) is 11.5. The molecule has 0 radical (unpaired) electrons. The molecule has 5 heteroatoms. The average molecular weight is 270 g/mol. The van der Waals surface area contributed by atoms with Gasteiger partial charge in [0.15, 0.2) is 0 Å².